The predicted molar refractivity (Wildman–Crippen MR) is 140 cm³/mol. The second-order valence-electron chi connectivity index (χ2n) is 7.85. The molecule has 0 saturated heterocycles. The summed E-state index contributed by atoms with van der Waals surface area (Å²) in [4.78, 5) is 12.2. The Morgan fingerprint density at radius 2 is 1.89 bits per heavy atom. The largest absolute Gasteiger partial charge is 0.496 e. The third-order valence-electron chi connectivity index (χ3n) is 5.51. The number of hydrogen-bond acceptors (Lipinski definition) is 6. The Morgan fingerprint density at radius 3 is 2.67 bits per heavy atom. The molecule has 1 N–H and O–H groups in total. The number of fused-ring (bicyclic) bond motifs is 1. The van der Waals surface area contributed by atoms with Gasteiger partial charge >= 0.3 is 5.97 Å². The molecule has 0 spiro atoms. The van der Waals surface area contributed by atoms with Gasteiger partial charge in [0.25, 0.3) is 11.1 Å². The number of carboxylic acids is 1. The van der Waals surface area contributed by atoms with E-state index < -0.39 is 5.97 Å². The molecule has 3 aromatic carbocycles. The van der Waals surface area contributed by atoms with E-state index in [1.54, 1.807) is 24.3 Å². The fraction of sp³-hybridized carbons (Fsp3) is 0.0741. The molecule has 0 aliphatic carbocycles. The summed E-state index contributed by atoms with van der Waals surface area (Å²) in [6.45, 7) is 0.666. The van der Waals surface area contributed by atoms with Crippen molar-refractivity contribution in [1.29, 1.82) is 0 Å². The van der Waals surface area contributed by atoms with Crippen molar-refractivity contribution in [2.75, 3.05) is 7.11 Å². The van der Waals surface area contributed by atoms with Crippen LogP contribution in [0.1, 0.15) is 11.1 Å². The standard InChI is InChI=1S/C27H20ClN3O4S/c1-34-23-12-11-19(28)14-21(23)25-29-30-27(35-25)36-24(26(32)33)13-18-16-31(15-17-7-3-2-4-8-17)22-10-6-5-9-20(18)22/h2-14,16H,15H2,1H3,(H,32,33)/b24-13-. The maximum Gasteiger partial charge on any atom is 0.342 e. The minimum atomic E-state index is -1.10. The summed E-state index contributed by atoms with van der Waals surface area (Å²) < 4.78 is 13.2. The van der Waals surface area contributed by atoms with Crippen LogP contribution in [0.4, 0.5) is 0 Å². The van der Waals surface area contributed by atoms with Crippen LogP contribution in [0.25, 0.3) is 28.4 Å². The first-order valence-electron chi connectivity index (χ1n) is 10.9. The number of para-hydroxylation sites is 1. The van der Waals surface area contributed by atoms with Crippen LogP contribution < -0.4 is 4.74 Å². The molecule has 0 amide bonds. The Hall–Kier alpha value is -4.01. The Morgan fingerprint density at radius 1 is 1.11 bits per heavy atom. The van der Waals surface area contributed by atoms with Crippen molar-refractivity contribution in [2.45, 2.75) is 11.8 Å². The van der Waals surface area contributed by atoms with E-state index in [-0.39, 0.29) is 16.0 Å². The third-order valence-corrected chi connectivity index (χ3v) is 6.60. The molecule has 0 saturated carbocycles. The van der Waals surface area contributed by atoms with Gasteiger partial charge < -0.3 is 18.8 Å². The van der Waals surface area contributed by atoms with Crippen molar-refractivity contribution in [3.63, 3.8) is 0 Å². The highest BCUT2D eigenvalue weighted by Gasteiger charge is 2.19. The zero-order valence-electron chi connectivity index (χ0n) is 19.1. The van der Waals surface area contributed by atoms with Crippen LogP contribution in [-0.2, 0) is 11.3 Å². The molecule has 36 heavy (non-hydrogen) atoms. The molecule has 0 aliphatic rings. The highest BCUT2D eigenvalue weighted by Crippen LogP contribution is 2.35. The number of rotatable bonds is 8. The maximum atomic E-state index is 12.1. The van der Waals surface area contributed by atoms with E-state index in [0.717, 1.165) is 33.8 Å². The van der Waals surface area contributed by atoms with Gasteiger partial charge in [0.2, 0.25) is 0 Å². The molecule has 2 aromatic heterocycles. The minimum absolute atomic E-state index is 0.0471. The van der Waals surface area contributed by atoms with E-state index in [2.05, 4.69) is 26.9 Å². The average molecular weight is 518 g/mol. The van der Waals surface area contributed by atoms with E-state index >= 15 is 0 Å². The van der Waals surface area contributed by atoms with Crippen molar-refractivity contribution in [2.24, 2.45) is 0 Å². The molecule has 0 bridgehead atoms. The number of nitrogens with zero attached hydrogens (tertiary/aromatic N) is 3. The van der Waals surface area contributed by atoms with Crippen molar-refractivity contribution in [3.05, 3.63) is 100 Å². The molecule has 7 nitrogen and oxygen atoms in total. The molecule has 2 heterocycles. The highest BCUT2D eigenvalue weighted by molar-refractivity contribution is 8.03. The van der Waals surface area contributed by atoms with Crippen molar-refractivity contribution < 1.29 is 19.1 Å². The van der Waals surface area contributed by atoms with E-state index in [0.29, 0.717) is 22.9 Å². The van der Waals surface area contributed by atoms with Gasteiger partial charge in [0.15, 0.2) is 0 Å². The SMILES string of the molecule is COc1ccc(Cl)cc1-c1nnc(S/C(=C\c2cn(Cc3ccccc3)c3ccccc23)C(=O)O)o1. The van der Waals surface area contributed by atoms with Gasteiger partial charge in [-0.25, -0.2) is 4.79 Å². The topological polar surface area (TPSA) is 90.4 Å². The summed E-state index contributed by atoms with van der Waals surface area (Å²) in [6, 6.07) is 23.0. The molecular formula is C27H20ClN3O4S. The summed E-state index contributed by atoms with van der Waals surface area (Å²) in [5.74, 6) is -0.402. The number of aliphatic carboxylic acids is 1. The van der Waals surface area contributed by atoms with Crippen LogP contribution in [0.5, 0.6) is 5.75 Å². The lowest BCUT2D eigenvalue weighted by Gasteiger charge is -2.05. The lowest BCUT2D eigenvalue weighted by molar-refractivity contribution is -0.131. The number of aromatic nitrogens is 3. The zero-order valence-corrected chi connectivity index (χ0v) is 20.7. The first-order chi connectivity index (χ1) is 17.5. The van der Waals surface area contributed by atoms with Gasteiger partial charge in [-0.05, 0) is 47.7 Å². The molecule has 5 rings (SSSR count). The number of carbonyl (C=O) groups is 1. The van der Waals surface area contributed by atoms with Crippen LogP contribution in [0.3, 0.4) is 0 Å². The Kier molecular flexibility index (Phi) is 6.79. The van der Waals surface area contributed by atoms with Crippen LogP contribution >= 0.6 is 23.4 Å². The monoisotopic (exact) mass is 517 g/mol. The number of halogens is 1. The van der Waals surface area contributed by atoms with Crippen molar-refractivity contribution in [1.82, 2.24) is 14.8 Å². The minimum Gasteiger partial charge on any atom is -0.496 e. The predicted octanol–water partition coefficient (Wildman–Crippen LogP) is 6.62. The smallest absolute Gasteiger partial charge is 0.342 e. The van der Waals surface area contributed by atoms with Gasteiger partial charge in [-0.1, -0.05) is 60.1 Å². The van der Waals surface area contributed by atoms with Gasteiger partial charge in [-0.15, -0.1) is 10.2 Å². The average Bonchev–Trinajstić information content (AvgIpc) is 3.49. The summed E-state index contributed by atoms with van der Waals surface area (Å²) in [5, 5.41) is 19.5. The van der Waals surface area contributed by atoms with Crippen LogP contribution in [0.15, 0.2) is 93.5 Å². The van der Waals surface area contributed by atoms with E-state index in [9.17, 15) is 9.90 Å². The summed E-state index contributed by atoms with van der Waals surface area (Å²) in [5.41, 5.74) is 3.46. The number of benzene rings is 3. The molecule has 9 heteroatoms. The molecule has 0 unspecified atom stereocenters. The lowest BCUT2D eigenvalue weighted by atomic mass is 10.1. The van der Waals surface area contributed by atoms with Crippen LogP contribution in [-0.4, -0.2) is 33.0 Å². The molecular weight excluding hydrogens is 498 g/mol. The van der Waals surface area contributed by atoms with Crippen molar-refractivity contribution in [3.8, 4) is 17.2 Å². The summed E-state index contributed by atoms with van der Waals surface area (Å²) >= 11 is 6.99. The first-order valence-corrected chi connectivity index (χ1v) is 12.1. The normalized spacial score (nSPS) is 11.7. The lowest BCUT2D eigenvalue weighted by Crippen LogP contribution is -1.97. The quantitative estimate of drug-likeness (QED) is 0.183. The molecule has 180 valence electrons. The van der Waals surface area contributed by atoms with Gasteiger partial charge in [-0.2, -0.15) is 0 Å². The first kappa shape index (κ1) is 23.7. The third kappa shape index (κ3) is 5.00. The zero-order chi connectivity index (χ0) is 25.1. The van der Waals surface area contributed by atoms with Gasteiger partial charge in [-0.3, -0.25) is 0 Å². The molecule has 0 radical (unpaired) electrons. The molecule has 5 aromatic rings. The Labute approximate surface area is 216 Å². The molecule has 0 aliphatic heterocycles. The fourth-order valence-corrected chi connectivity index (χ4v) is 4.71. The van der Waals surface area contributed by atoms with E-state index in [1.165, 1.54) is 7.11 Å². The Bertz CT molecular complexity index is 1580. The van der Waals surface area contributed by atoms with E-state index in [4.69, 9.17) is 20.8 Å². The number of methoxy groups -OCH3 is 1. The molecule has 0 fully saturated rings. The van der Waals surface area contributed by atoms with E-state index in [1.807, 2.05) is 48.7 Å². The summed E-state index contributed by atoms with van der Waals surface area (Å²) in [7, 11) is 1.53. The molecule has 0 atom stereocenters. The maximum absolute atomic E-state index is 12.1. The second-order valence-corrected chi connectivity index (χ2v) is 9.28. The second kappa shape index (κ2) is 10.3. The van der Waals surface area contributed by atoms with Crippen molar-refractivity contribution >= 4 is 46.3 Å². The van der Waals surface area contributed by atoms with Gasteiger partial charge in [0.05, 0.1) is 12.7 Å². The highest BCUT2D eigenvalue weighted by atomic mass is 35.5. The number of thioether (sulfide) groups is 1. The van der Waals surface area contributed by atoms with Gasteiger partial charge in [0, 0.05) is 34.2 Å². The number of ether oxygens (including phenoxy) is 1. The number of hydrogen-bond donors (Lipinski definition) is 1. The fourth-order valence-electron chi connectivity index (χ4n) is 3.88. The van der Waals surface area contributed by atoms with Gasteiger partial charge in [0.1, 0.15) is 10.7 Å². The summed E-state index contributed by atoms with van der Waals surface area (Å²) in [6.07, 6.45) is 3.58. The van der Waals surface area contributed by atoms with Crippen LogP contribution in [0.2, 0.25) is 5.02 Å². The van der Waals surface area contributed by atoms with Crippen LogP contribution in [0, 0.1) is 0 Å². The Balaban J connectivity index is 1.48. The number of carboxylic acid groups (broad SMARTS) is 1.